The van der Waals surface area contributed by atoms with Crippen molar-refractivity contribution in [1.82, 2.24) is 9.97 Å². The zero-order chi connectivity index (χ0) is 31.7. The lowest BCUT2D eigenvalue weighted by molar-refractivity contribution is -0.154. The molecular formula is C32H49N3O7S. The van der Waals surface area contributed by atoms with Crippen LogP contribution in [0, 0.1) is 6.92 Å². The molecule has 10 nitrogen and oxygen atoms in total. The van der Waals surface area contributed by atoms with Gasteiger partial charge in [-0.3, -0.25) is 4.79 Å². The summed E-state index contributed by atoms with van der Waals surface area (Å²) >= 11 is 0. The van der Waals surface area contributed by atoms with Gasteiger partial charge < -0.3 is 14.6 Å². The van der Waals surface area contributed by atoms with Gasteiger partial charge in [0, 0.05) is 12.6 Å². The van der Waals surface area contributed by atoms with Crippen LogP contribution in [-0.4, -0.2) is 47.6 Å². The molecule has 0 aliphatic heterocycles. The molecule has 0 spiro atoms. The second kappa shape index (κ2) is 18.5. The Morgan fingerprint density at radius 1 is 0.837 bits per heavy atom. The highest BCUT2D eigenvalue weighted by atomic mass is 32.2. The van der Waals surface area contributed by atoms with E-state index in [-0.39, 0.29) is 28.1 Å². The summed E-state index contributed by atoms with van der Waals surface area (Å²) in [5.74, 6) is -0.864. The Kier molecular flexibility index (Phi) is 15.4. The zero-order valence-corrected chi connectivity index (χ0v) is 27.0. The number of esters is 1. The minimum absolute atomic E-state index is 0.0266. The van der Waals surface area contributed by atoms with Gasteiger partial charge in [0.15, 0.2) is 0 Å². The number of carbonyl (C=O) groups is 2. The van der Waals surface area contributed by atoms with Crippen LogP contribution in [-0.2, 0) is 19.6 Å². The molecule has 0 radical (unpaired) electrons. The van der Waals surface area contributed by atoms with Gasteiger partial charge in [-0.25, -0.2) is 27.9 Å². The molecule has 2 aromatic rings. The number of sulfonamides is 1. The number of benzene rings is 1. The summed E-state index contributed by atoms with van der Waals surface area (Å²) in [6, 6.07) is 6.11. The van der Waals surface area contributed by atoms with E-state index in [2.05, 4.69) is 14.7 Å². The van der Waals surface area contributed by atoms with Crippen LogP contribution in [0.3, 0.4) is 0 Å². The van der Waals surface area contributed by atoms with Crippen LogP contribution in [0.25, 0.3) is 0 Å². The van der Waals surface area contributed by atoms with Crippen molar-refractivity contribution in [3.8, 4) is 5.75 Å². The molecule has 0 saturated carbocycles. The van der Waals surface area contributed by atoms with Gasteiger partial charge in [0.05, 0.1) is 22.8 Å². The van der Waals surface area contributed by atoms with Crippen LogP contribution >= 0.6 is 0 Å². The van der Waals surface area contributed by atoms with Crippen LogP contribution in [0.1, 0.15) is 127 Å². The minimum atomic E-state index is -3.93. The molecule has 11 heteroatoms. The number of aromatic nitrogens is 2. The molecule has 0 unspecified atom stereocenters. The molecule has 2 N–H and O–H groups in total. The van der Waals surface area contributed by atoms with Crippen LogP contribution < -0.4 is 9.46 Å². The lowest BCUT2D eigenvalue weighted by Crippen LogP contribution is -2.23. The Bertz CT molecular complexity index is 1240. The standard InChI is InChI=1S/C32H49N3O7S/c1-25-28(30(37)38)24-33-31(34-25)35-43(39,40)27-21-19-26(20-22-27)41-23-17-15-13-11-9-7-5-6-8-10-12-14-16-18-29(36)42-32(2,3)4/h19-22,24H,5-18,23H2,1-4H3,(H,37,38)(H,33,34,35). The summed E-state index contributed by atoms with van der Waals surface area (Å²) in [6.07, 6.45) is 16.8. The number of carboxylic acid groups (broad SMARTS) is 1. The lowest BCUT2D eigenvalue weighted by Gasteiger charge is -2.19. The first-order valence-corrected chi connectivity index (χ1v) is 16.9. The van der Waals surface area contributed by atoms with E-state index in [9.17, 15) is 18.0 Å². The van der Waals surface area contributed by atoms with Crippen LogP contribution in [0.5, 0.6) is 5.75 Å². The van der Waals surface area contributed by atoms with E-state index in [4.69, 9.17) is 14.6 Å². The van der Waals surface area contributed by atoms with Crippen molar-refractivity contribution >= 4 is 27.9 Å². The molecule has 0 atom stereocenters. The highest BCUT2D eigenvalue weighted by molar-refractivity contribution is 7.92. The highest BCUT2D eigenvalue weighted by Gasteiger charge is 2.18. The van der Waals surface area contributed by atoms with E-state index >= 15 is 0 Å². The molecule has 0 fully saturated rings. The van der Waals surface area contributed by atoms with Gasteiger partial charge in [-0.15, -0.1) is 0 Å². The molecule has 0 aliphatic carbocycles. The smallest absolute Gasteiger partial charge is 0.339 e. The molecule has 0 amide bonds. The van der Waals surface area contributed by atoms with E-state index in [0.29, 0.717) is 18.8 Å². The molecule has 1 heterocycles. The predicted molar refractivity (Wildman–Crippen MR) is 167 cm³/mol. The number of carboxylic acids is 1. The average molecular weight is 620 g/mol. The normalized spacial score (nSPS) is 11.7. The third kappa shape index (κ3) is 15.2. The van der Waals surface area contributed by atoms with Crippen molar-refractivity contribution < 1.29 is 32.6 Å². The lowest BCUT2D eigenvalue weighted by atomic mass is 10.0. The predicted octanol–water partition coefficient (Wildman–Crippen LogP) is 7.47. The van der Waals surface area contributed by atoms with Crippen LogP contribution in [0.4, 0.5) is 5.95 Å². The third-order valence-corrected chi connectivity index (χ3v) is 8.13. The highest BCUT2D eigenvalue weighted by Crippen LogP contribution is 2.19. The first-order valence-electron chi connectivity index (χ1n) is 15.4. The molecule has 0 bridgehead atoms. The average Bonchev–Trinajstić information content (AvgIpc) is 2.91. The van der Waals surface area contributed by atoms with Crippen molar-refractivity contribution in [3.63, 3.8) is 0 Å². The number of nitrogens with zero attached hydrogens (tertiary/aromatic N) is 2. The first-order chi connectivity index (χ1) is 20.4. The number of carbonyl (C=O) groups excluding carboxylic acids is 1. The fourth-order valence-corrected chi connectivity index (χ4v) is 5.47. The van der Waals surface area contributed by atoms with E-state index in [0.717, 1.165) is 31.9 Å². The number of aryl methyl sites for hydroxylation is 1. The van der Waals surface area contributed by atoms with E-state index < -0.39 is 21.6 Å². The summed E-state index contributed by atoms with van der Waals surface area (Å²) in [4.78, 5) is 30.5. The zero-order valence-electron chi connectivity index (χ0n) is 26.2. The largest absolute Gasteiger partial charge is 0.494 e. The van der Waals surface area contributed by atoms with Crippen molar-refractivity contribution in [2.45, 2.75) is 128 Å². The number of aromatic carboxylic acids is 1. The van der Waals surface area contributed by atoms with Gasteiger partial charge in [0.1, 0.15) is 11.4 Å². The van der Waals surface area contributed by atoms with Gasteiger partial charge in [-0.1, -0.05) is 70.6 Å². The van der Waals surface area contributed by atoms with Crippen molar-refractivity contribution in [1.29, 1.82) is 0 Å². The second-order valence-electron chi connectivity index (χ2n) is 11.9. The number of hydrogen-bond acceptors (Lipinski definition) is 8. The Labute approximate surface area is 257 Å². The maximum absolute atomic E-state index is 12.6. The van der Waals surface area contributed by atoms with E-state index in [1.807, 2.05) is 20.8 Å². The van der Waals surface area contributed by atoms with E-state index in [1.54, 1.807) is 12.1 Å². The summed E-state index contributed by atoms with van der Waals surface area (Å²) < 4.78 is 38.6. The Balaban J connectivity index is 1.48. The van der Waals surface area contributed by atoms with Crippen LogP contribution in [0.2, 0.25) is 0 Å². The van der Waals surface area contributed by atoms with E-state index in [1.165, 1.54) is 76.8 Å². The fraction of sp³-hybridized carbons (Fsp3) is 0.625. The monoisotopic (exact) mass is 619 g/mol. The molecule has 240 valence electrons. The molecule has 0 aliphatic rings. The molecular weight excluding hydrogens is 570 g/mol. The Morgan fingerprint density at radius 2 is 1.35 bits per heavy atom. The summed E-state index contributed by atoms with van der Waals surface area (Å²) in [7, 11) is -3.93. The number of rotatable bonds is 21. The van der Waals surface area contributed by atoms with Crippen molar-refractivity contribution in [3.05, 3.63) is 41.7 Å². The molecule has 0 saturated heterocycles. The Morgan fingerprint density at radius 3 is 1.84 bits per heavy atom. The molecule has 1 aromatic carbocycles. The Hall–Kier alpha value is -3.21. The number of hydrogen-bond donors (Lipinski definition) is 2. The number of unbranched alkanes of at least 4 members (excludes halogenated alkanes) is 12. The fourth-order valence-electron chi connectivity index (χ4n) is 4.52. The topological polar surface area (TPSA) is 145 Å². The van der Waals surface area contributed by atoms with Gasteiger partial charge in [0.2, 0.25) is 5.95 Å². The van der Waals surface area contributed by atoms with Gasteiger partial charge in [-0.2, -0.15) is 0 Å². The molecule has 2 rings (SSSR count). The minimum Gasteiger partial charge on any atom is -0.494 e. The first kappa shape index (κ1) is 36.0. The van der Waals surface area contributed by atoms with Gasteiger partial charge in [0.25, 0.3) is 10.0 Å². The summed E-state index contributed by atoms with van der Waals surface area (Å²) in [5, 5.41) is 9.06. The maximum Gasteiger partial charge on any atom is 0.339 e. The van der Waals surface area contributed by atoms with Gasteiger partial charge >= 0.3 is 11.9 Å². The number of nitrogens with one attached hydrogen (secondary N) is 1. The van der Waals surface area contributed by atoms with Gasteiger partial charge in [-0.05, 0) is 64.8 Å². The summed E-state index contributed by atoms with van der Waals surface area (Å²) in [5.41, 5.74) is -0.318. The quantitative estimate of drug-likeness (QED) is 0.107. The van der Waals surface area contributed by atoms with Crippen LogP contribution in [0.15, 0.2) is 35.4 Å². The summed E-state index contributed by atoms with van der Waals surface area (Å²) in [6.45, 7) is 7.75. The SMILES string of the molecule is Cc1nc(NS(=O)(=O)c2ccc(OCCCCCCCCCCCCCCCC(=O)OC(C)(C)C)cc2)ncc1C(=O)O. The number of ether oxygens (including phenoxy) is 2. The third-order valence-electron chi connectivity index (χ3n) is 6.78. The second-order valence-corrected chi connectivity index (χ2v) is 13.5. The molecule has 43 heavy (non-hydrogen) atoms. The molecule has 1 aromatic heterocycles. The maximum atomic E-state index is 12.6. The number of anilines is 1. The van der Waals surface area contributed by atoms with Crippen molar-refractivity contribution in [2.75, 3.05) is 11.3 Å². The van der Waals surface area contributed by atoms with Crippen molar-refractivity contribution in [2.24, 2.45) is 0 Å².